The molecule has 0 radical (unpaired) electrons. The molecular formula is C18H18N2O5. The summed E-state index contributed by atoms with van der Waals surface area (Å²) in [4.78, 5) is 36.1. The number of hydrogen-bond donors (Lipinski definition) is 2. The molecule has 1 aromatic heterocycles. The minimum atomic E-state index is -1.19. The van der Waals surface area contributed by atoms with Gasteiger partial charge in [0.25, 0.3) is 5.91 Å². The number of carbonyl (C=O) groups is 3. The molecule has 2 aromatic rings. The van der Waals surface area contributed by atoms with Gasteiger partial charge in [-0.05, 0) is 18.6 Å². The van der Waals surface area contributed by atoms with Crippen LogP contribution in [0.3, 0.4) is 0 Å². The van der Waals surface area contributed by atoms with Gasteiger partial charge in [-0.2, -0.15) is 0 Å². The predicted molar refractivity (Wildman–Crippen MR) is 87.4 cm³/mol. The lowest BCUT2D eigenvalue weighted by molar-refractivity contribution is -0.157. The Kier molecular flexibility index (Phi) is 4.83. The summed E-state index contributed by atoms with van der Waals surface area (Å²) in [5.74, 6) is -0.824. The van der Waals surface area contributed by atoms with E-state index in [1.54, 1.807) is 42.7 Å². The summed E-state index contributed by atoms with van der Waals surface area (Å²) >= 11 is 0. The van der Waals surface area contributed by atoms with Crippen LogP contribution in [0, 0.1) is 5.92 Å². The summed E-state index contributed by atoms with van der Waals surface area (Å²) in [6, 6.07) is 11.5. The molecule has 1 aromatic carbocycles. The van der Waals surface area contributed by atoms with Gasteiger partial charge >= 0.3 is 12.0 Å². The van der Waals surface area contributed by atoms with Crippen molar-refractivity contribution < 1.29 is 23.5 Å². The molecular weight excluding hydrogens is 324 g/mol. The molecule has 3 amide bonds. The Morgan fingerprint density at radius 1 is 1.16 bits per heavy atom. The maximum atomic E-state index is 12.4. The van der Waals surface area contributed by atoms with Crippen LogP contribution in [0.1, 0.15) is 29.8 Å². The van der Waals surface area contributed by atoms with Crippen molar-refractivity contribution in [3.63, 3.8) is 0 Å². The van der Waals surface area contributed by atoms with Crippen molar-refractivity contribution in [1.29, 1.82) is 0 Å². The zero-order chi connectivity index (χ0) is 17.8. The Hall–Kier alpha value is -3.09. The second-order valence-corrected chi connectivity index (χ2v) is 5.76. The van der Waals surface area contributed by atoms with Crippen LogP contribution in [0.15, 0.2) is 53.1 Å². The van der Waals surface area contributed by atoms with Gasteiger partial charge in [-0.15, -0.1) is 0 Å². The van der Waals surface area contributed by atoms with E-state index >= 15 is 0 Å². The monoisotopic (exact) mass is 342 g/mol. The van der Waals surface area contributed by atoms with Crippen LogP contribution in [0.25, 0.3) is 0 Å². The Balaban J connectivity index is 1.71. The fourth-order valence-electron chi connectivity index (χ4n) is 2.62. The minimum absolute atomic E-state index is 0.0269. The summed E-state index contributed by atoms with van der Waals surface area (Å²) < 4.78 is 10.7. The number of benzene rings is 1. The quantitative estimate of drug-likeness (QED) is 0.811. The minimum Gasteiger partial charge on any atom is -0.469 e. The van der Waals surface area contributed by atoms with Crippen molar-refractivity contribution >= 4 is 17.9 Å². The van der Waals surface area contributed by atoms with Gasteiger partial charge in [0.05, 0.1) is 12.2 Å². The molecule has 1 heterocycles. The molecule has 0 unspecified atom stereocenters. The first kappa shape index (κ1) is 16.8. The molecule has 0 spiro atoms. The normalized spacial score (nSPS) is 19.6. The van der Waals surface area contributed by atoms with Crippen LogP contribution in [0.5, 0.6) is 0 Å². The molecule has 25 heavy (non-hydrogen) atoms. The molecule has 1 aliphatic carbocycles. The summed E-state index contributed by atoms with van der Waals surface area (Å²) in [6.45, 7) is 0. The topological polar surface area (TPSA) is 97.6 Å². The van der Waals surface area contributed by atoms with Crippen molar-refractivity contribution in [2.75, 3.05) is 7.05 Å². The van der Waals surface area contributed by atoms with Gasteiger partial charge in [0.2, 0.25) is 6.10 Å². The van der Waals surface area contributed by atoms with Gasteiger partial charge in [0.15, 0.2) is 0 Å². The third-order valence-corrected chi connectivity index (χ3v) is 4.04. The van der Waals surface area contributed by atoms with E-state index < -0.39 is 24.0 Å². The summed E-state index contributed by atoms with van der Waals surface area (Å²) in [5.41, 5.74) is 0.493. The average molecular weight is 342 g/mol. The Morgan fingerprint density at radius 3 is 2.56 bits per heavy atom. The van der Waals surface area contributed by atoms with Crippen molar-refractivity contribution in [3.05, 3.63) is 60.1 Å². The lowest BCUT2D eigenvalue weighted by atomic mass is 10.1. The molecule has 1 aliphatic rings. The van der Waals surface area contributed by atoms with Gasteiger partial charge in [-0.3, -0.25) is 14.9 Å². The number of furan rings is 1. The van der Waals surface area contributed by atoms with Crippen LogP contribution in [-0.2, 0) is 14.3 Å². The van der Waals surface area contributed by atoms with Crippen molar-refractivity contribution in [2.24, 2.45) is 5.92 Å². The van der Waals surface area contributed by atoms with E-state index in [9.17, 15) is 14.4 Å². The second-order valence-electron chi connectivity index (χ2n) is 5.76. The zero-order valence-corrected chi connectivity index (χ0v) is 13.6. The van der Waals surface area contributed by atoms with Gasteiger partial charge in [0, 0.05) is 18.5 Å². The maximum absolute atomic E-state index is 12.4. The molecule has 0 bridgehead atoms. The molecule has 1 fully saturated rings. The molecule has 130 valence electrons. The van der Waals surface area contributed by atoms with Gasteiger partial charge in [0.1, 0.15) is 5.76 Å². The van der Waals surface area contributed by atoms with Gasteiger partial charge in [-0.1, -0.05) is 30.3 Å². The Labute approximate surface area is 144 Å². The van der Waals surface area contributed by atoms with Crippen LogP contribution >= 0.6 is 0 Å². The number of hydrogen-bond acceptors (Lipinski definition) is 5. The van der Waals surface area contributed by atoms with Crippen LogP contribution in [0.2, 0.25) is 0 Å². The summed E-state index contributed by atoms with van der Waals surface area (Å²) in [5, 5.41) is 4.44. The highest BCUT2D eigenvalue weighted by Gasteiger charge is 2.48. The van der Waals surface area contributed by atoms with Crippen molar-refractivity contribution in [1.82, 2.24) is 10.6 Å². The Bertz CT molecular complexity index is 757. The first-order valence-corrected chi connectivity index (χ1v) is 7.91. The standard InChI is InChI=1S/C18H18N2O5/c1-19-18(23)20-16(21)15(11-6-3-2-4-7-11)25-17(22)13-10-12(13)14-8-5-9-24-14/h2-9,12-13,15H,10H2,1H3,(H2,19,20,21,23)/t12-,13+,15+/m0/s1. The molecule has 2 N–H and O–H groups in total. The number of ether oxygens (including phenoxy) is 1. The van der Waals surface area contributed by atoms with E-state index in [1.807, 2.05) is 6.07 Å². The largest absolute Gasteiger partial charge is 0.469 e. The summed E-state index contributed by atoms with van der Waals surface area (Å²) in [6.07, 6.45) is 0.980. The van der Waals surface area contributed by atoms with E-state index in [0.717, 1.165) is 5.76 Å². The fraction of sp³-hybridized carbons (Fsp3) is 0.278. The third kappa shape index (κ3) is 3.88. The Morgan fingerprint density at radius 2 is 1.92 bits per heavy atom. The van der Waals surface area contributed by atoms with Crippen molar-refractivity contribution in [2.45, 2.75) is 18.4 Å². The number of carbonyl (C=O) groups excluding carboxylic acids is 3. The highest BCUT2D eigenvalue weighted by Crippen LogP contribution is 2.48. The third-order valence-electron chi connectivity index (χ3n) is 4.04. The number of amides is 3. The first-order valence-electron chi connectivity index (χ1n) is 7.91. The van der Waals surface area contributed by atoms with E-state index in [0.29, 0.717) is 12.0 Å². The van der Waals surface area contributed by atoms with Crippen molar-refractivity contribution in [3.8, 4) is 0 Å². The summed E-state index contributed by atoms with van der Waals surface area (Å²) in [7, 11) is 1.39. The average Bonchev–Trinajstić information content (AvgIpc) is 3.25. The SMILES string of the molecule is CNC(=O)NC(=O)[C@H](OC(=O)[C@@H]1C[C@@H]1c1ccco1)c1ccccc1. The lowest BCUT2D eigenvalue weighted by Crippen LogP contribution is -2.41. The van der Waals surface area contributed by atoms with Crippen LogP contribution < -0.4 is 10.6 Å². The predicted octanol–water partition coefficient (Wildman–Crippen LogP) is 2.12. The molecule has 7 heteroatoms. The molecule has 3 atom stereocenters. The highest BCUT2D eigenvalue weighted by atomic mass is 16.5. The second kappa shape index (κ2) is 7.21. The lowest BCUT2D eigenvalue weighted by Gasteiger charge is -2.17. The van der Waals surface area contributed by atoms with Crippen LogP contribution in [-0.4, -0.2) is 25.0 Å². The molecule has 0 aliphatic heterocycles. The smallest absolute Gasteiger partial charge is 0.321 e. The number of urea groups is 1. The number of imide groups is 1. The van der Waals surface area contributed by atoms with Gasteiger partial charge < -0.3 is 14.5 Å². The zero-order valence-electron chi connectivity index (χ0n) is 13.6. The number of nitrogens with one attached hydrogen (secondary N) is 2. The molecule has 1 saturated carbocycles. The highest BCUT2D eigenvalue weighted by molar-refractivity contribution is 5.97. The number of esters is 1. The first-order chi connectivity index (χ1) is 12.1. The van der Waals surface area contributed by atoms with E-state index in [-0.39, 0.29) is 11.8 Å². The van der Waals surface area contributed by atoms with E-state index in [2.05, 4.69) is 10.6 Å². The molecule has 0 saturated heterocycles. The maximum Gasteiger partial charge on any atom is 0.321 e. The fourth-order valence-corrected chi connectivity index (χ4v) is 2.62. The van der Waals surface area contributed by atoms with Gasteiger partial charge in [-0.25, -0.2) is 4.79 Å². The molecule has 3 rings (SSSR count). The van der Waals surface area contributed by atoms with E-state index in [4.69, 9.17) is 9.15 Å². The molecule has 7 nitrogen and oxygen atoms in total. The number of rotatable bonds is 5. The van der Waals surface area contributed by atoms with E-state index in [1.165, 1.54) is 7.05 Å². The van der Waals surface area contributed by atoms with Crippen LogP contribution in [0.4, 0.5) is 4.79 Å².